The van der Waals surface area contributed by atoms with Crippen LogP contribution in [0.5, 0.6) is 0 Å². The van der Waals surface area contributed by atoms with E-state index in [0.717, 1.165) is 4.90 Å². The van der Waals surface area contributed by atoms with Gasteiger partial charge in [-0.25, -0.2) is 4.57 Å². The van der Waals surface area contributed by atoms with Crippen LogP contribution in [0.3, 0.4) is 0 Å². The second-order valence-electron chi connectivity index (χ2n) is 5.53. The molecule has 7 nitrogen and oxygen atoms in total. The minimum absolute atomic E-state index is 0.0603. The Kier molecular flexibility index (Phi) is 4.79. The van der Waals surface area contributed by atoms with E-state index >= 15 is 0 Å². The Labute approximate surface area is 138 Å². The van der Waals surface area contributed by atoms with Gasteiger partial charge in [0, 0.05) is 32.4 Å². The molecule has 0 bridgehead atoms. The van der Waals surface area contributed by atoms with E-state index in [4.69, 9.17) is 11.6 Å². The monoisotopic (exact) mass is 338 g/mol. The average Bonchev–Trinajstić information content (AvgIpc) is 2.73. The van der Waals surface area contributed by atoms with E-state index in [9.17, 15) is 19.2 Å². The minimum Gasteiger partial charge on any atom is -0.337 e. The Balaban J connectivity index is 2.45. The van der Waals surface area contributed by atoms with Gasteiger partial charge < -0.3 is 5.32 Å². The molecule has 0 aliphatic carbocycles. The Morgan fingerprint density at radius 3 is 2.35 bits per heavy atom. The van der Waals surface area contributed by atoms with Gasteiger partial charge in [0.05, 0.1) is 0 Å². The molecule has 2 atom stereocenters. The van der Waals surface area contributed by atoms with Crippen LogP contribution in [0.1, 0.15) is 20.3 Å². The van der Waals surface area contributed by atoms with Gasteiger partial charge in [-0.1, -0.05) is 6.07 Å². The highest BCUT2D eigenvalue weighted by atomic mass is 35.5. The number of hydrogen-bond acceptors (Lipinski definition) is 4. The number of rotatable bonds is 4. The number of carbonyl (C=O) groups is 4. The molecule has 1 aromatic rings. The molecular weight excluding hydrogens is 322 g/mol. The first-order valence-electron chi connectivity index (χ1n) is 7.03. The van der Waals surface area contributed by atoms with Crippen molar-refractivity contribution in [2.75, 3.05) is 0 Å². The number of aromatic nitrogens is 1. The second-order valence-corrected chi connectivity index (χ2v) is 5.90. The molecule has 1 N–H and O–H groups in total. The highest BCUT2D eigenvalue weighted by Crippen LogP contribution is 2.31. The minimum atomic E-state index is -1.39. The molecule has 0 aromatic carbocycles. The molecule has 1 saturated heterocycles. The fraction of sp³-hybridized carbons (Fsp3) is 0.400. The van der Waals surface area contributed by atoms with E-state index in [1.807, 2.05) is 6.07 Å². The molecule has 1 fully saturated rings. The lowest BCUT2D eigenvalue weighted by molar-refractivity contribution is -0.702. The third-order valence-corrected chi connectivity index (χ3v) is 3.98. The van der Waals surface area contributed by atoms with E-state index in [1.165, 1.54) is 13.8 Å². The summed E-state index contributed by atoms with van der Waals surface area (Å²) < 4.78 is 1.70. The van der Waals surface area contributed by atoms with Gasteiger partial charge >= 0.3 is 0 Å². The van der Waals surface area contributed by atoms with Gasteiger partial charge in [-0.15, -0.1) is 0 Å². The number of hydrogen-bond donors (Lipinski definition) is 1. The maximum absolute atomic E-state index is 12.8. The van der Waals surface area contributed by atoms with Gasteiger partial charge in [-0.3, -0.25) is 24.1 Å². The summed E-state index contributed by atoms with van der Waals surface area (Å²) in [6, 6.07) is 4.27. The van der Waals surface area contributed by atoms with Gasteiger partial charge in [0.15, 0.2) is 24.5 Å². The fourth-order valence-electron chi connectivity index (χ4n) is 2.89. The largest absolute Gasteiger partial charge is 0.337 e. The molecule has 1 unspecified atom stereocenters. The topological polar surface area (TPSA) is 87.4 Å². The van der Waals surface area contributed by atoms with Crippen molar-refractivity contribution >= 4 is 34.6 Å². The van der Waals surface area contributed by atoms with Gasteiger partial charge in [-0.2, -0.15) is 0 Å². The first-order valence-corrected chi connectivity index (χ1v) is 7.41. The first-order chi connectivity index (χ1) is 10.8. The molecule has 23 heavy (non-hydrogen) atoms. The van der Waals surface area contributed by atoms with Gasteiger partial charge in [0.2, 0.25) is 17.1 Å². The van der Waals surface area contributed by atoms with Crippen LogP contribution in [-0.4, -0.2) is 39.4 Å². The molecule has 0 saturated carbocycles. The molecule has 1 aliphatic heterocycles. The van der Waals surface area contributed by atoms with Crippen molar-refractivity contribution in [1.82, 2.24) is 10.2 Å². The van der Waals surface area contributed by atoms with Crippen molar-refractivity contribution in [2.24, 2.45) is 0 Å². The molecular formula is C15H17ClN3O4+. The van der Waals surface area contributed by atoms with Crippen molar-refractivity contribution < 1.29 is 23.7 Å². The predicted octanol–water partition coefficient (Wildman–Crippen LogP) is -0.238. The van der Waals surface area contributed by atoms with Crippen molar-refractivity contribution in [3.05, 3.63) is 30.6 Å². The molecule has 122 valence electrons. The van der Waals surface area contributed by atoms with Crippen LogP contribution in [-0.2, 0) is 25.7 Å². The molecule has 0 radical (unpaired) electrons. The highest BCUT2D eigenvalue weighted by Gasteiger charge is 2.58. The van der Waals surface area contributed by atoms with E-state index in [-0.39, 0.29) is 13.0 Å². The number of pyridine rings is 1. The summed E-state index contributed by atoms with van der Waals surface area (Å²) in [6.07, 6.45) is 3.39. The second kappa shape index (κ2) is 6.45. The van der Waals surface area contributed by atoms with E-state index in [0.29, 0.717) is 0 Å². The quantitative estimate of drug-likeness (QED) is 0.606. The average molecular weight is 339 g/mol. The highest BCUT2D eigenvalue weighted by molar-refractivity contribution is 6.65. The smallest absolute Gasteiger partial charge is 0.262 e. The summed E-state index contributed by atoms with van der Waals surface area (Å²) in [6.45, 7) is 2.56. The number of nitrogens with one attached hydrogen (secondary N) is 1. The fourth-order valence-corrected chi connectivity index (χ4v) is 3.06. The van der Waals surface area contributed by atoms with E-state index < -0.39 is 34.5 Å². The van der Waals surface area contributed by atoms with Gasteiger partial charge in [-0.05, 0) is 11.6 Å². The van der Waals surface area contributed by atoms with Crippen molar-refractivity contribution in [1.29, 1.82) is 0 Å². The zero-order valence-corrected chi connectivity index (χ0v) is 13.5. The van der Waals surface area contributed by atoms with E-state index in [1.54, 1.807) is 29.1 Å². The van der Waals surface area contributed by atoms with Crippen LogP contribution in [0.4, 0.5) is 0 Å². The predicted molar refractivity (Wildman–Crippen MR) is 80.0 cm³/mol. The summed E-state index contributed by atoms with van der Waals surface area (Å²) in [4.78, 5) is 48.6. The lowest BCUT2D eigenvalue weighted by Gasteiger charge is -2.24. The van der Waals surface area contributed by atoms with E-state index in [2.05, 4.69) is 5.32 Å². The number of halogens is 1. The van der Waals surface area contributed by atoms with Crippen LogP contribution < -0.4 is 9.88 Å². The first kappa shape index (κ1) is 17.1. The zero-order chi connectivity index (χ0) is 17.2. The van der Waals surface area contributed by atoms with Gasteiger partial charge in [0.1, 0.15) is 6.04 Å². The molecule has 3 amide bonds. The molecule has 1 aromatic heterocycles. The number of imide groups is 1. The summed E-state index contributed by atoms with van der Waals surface area (Å²) in [5.41, 5.74) is -1.39. The number of carbonyl (C=O) groups excluding carboxylic acids is 4. The number of nitrogens with zero attached hydrogens (tertiary/aromatic N) is 2. The normalized spacial score (nSPS) is 23.7. The summed E-state index contributed by atoms with van der Waals surface area (Å²) >= 11 is 5.55. The number of amides is 3. The van der Waals surface area contributed by atoms with Crippen LogP contribution in [0.15, 0.2) is 30.6 Å². The van der Waals surface area contributed by atoms with Crippen molar-refractivity contribution in [3.63, 3.8) is 0 Å². The molecule has 8 heteroatoms. The van der Waals surface area contributed by atoms with Crippen molar-refractivity contribution in [3.8, 4) is 0 Å². The van der Waals surface area contributed by atoms with Crippen LogP contribution in [0.25, 0.3) is 0 Å². The summed E-state index contributed by atoms with van der Waals surface area (Å²) in [5, 5.41) is 1.80. The lowest BCUT2D eigenvalue weighted by atomic mass is 9.94. The Bertz CT molecular complexity index is 664. The maximum atomic E-state index is 12.8. The summed E-state index contributed by atoms with van der Waals surface area (Å²) in [7, 11) is 0. The maximum Gasteiger partial charge on any atom is 0.262 e. The summed E-state index contributed by atoms with van der Waals surface area (Å²) in [5.74, 6) is -1.64. The number of likely N-dealkylation sites (tertiary alicyclic amines) is 1. The molecule has 1 aliphatic rings. The Hall–Kier alpha value is -2.28. The standard InChI is InChI=1S/C15H16ClN3O4/c1-10(20)17-15(9-18-6-4-3-5-7-18)8-12(13(16)22)19(11(2)21)14(15)23/h3-7,12H,8-9H2,1-2H3/p+1/t12-,15?/m0/s1. The van der Waals surface area contributed by atoms with Crippen LogP contribution >= 0.6 is 11.6 Å². The third kappa shape index (κ3) is 3.39. The Morgan fingerprint density at radius 1 is 1.30 bits per heavy atom. The molecule has 2 heterocycles. The lowest BCUT2D eigenvalue weighted by Crippen LogP contribution is -2.61. The molecule has 0 spiro atoms. The Morgan fingerprint density at radius 2 is 1.91 bits per heavy atom. The zero-order valence-electron chi connectivity index (χ0n) is 12.8. The van der Waals surface area contributed by atoms with Gasteiger partial charge in [0.25, 0.3) is 5.91 Å². The van der Waals surface area contributed by atoms with Crippen LogP contribution in [0.2, 0.25) is 0 Å². The molecule has 2 rings (SSSR count). The third-order valence-electron chi connectivity index (χ3n) is 3.73. The van der Waals surface area contributed by atoms with Crippen LogP contribution in [0, 0.1) is 0 Å². The SMILES string of the molecule is CC(=O)NC1(C[n+]2ccccc2)C[C@@H](C(=O)Cl)N(C(C)=O)C1=O. The van der Waals surface area contributed by atoms with Crippen molar-refractivity contribution in [2.45, 2.75) is 38.4 Å².